The van der Waals surface area contributed by atoms with Crippen LogP contribution in [0.4, 0.5) is 4.79 Å². The summed E-state index contributed by atoms with van der Waals surface area (Å²) < 4.78 is 11.5. The molecule has 2 aliphatic rings. The smallest absolute Gasteiger partial charge is 0.331 e. The van der Waals surface area contributed by atoms with E-state index in [-0.39, 0.29) is 11.6 Å². The lowest BCUT2D eigenvalue weighted by atomic mass is 10.0. The highest BCUT2D eigenvalue weighted by Gasteiger charge is 2.40. The van der Waals surface area contributed by atoms with Gasteiger partial charge in [0.1, 0.15) is 5.57 Å². The molecule has 1 aromatic rings. The fourth-order valence-electron chi connectivity index (χ4n) is 3.41. The zero-order valence-electron chi connectivity index (χ0n) is 15.2. The van der Waals surface area contributed by atoms with E-state index < -0.39 is 17.8 Å². The molecule has 0 bridgehead atoms. The second-order valence-corrected chi connectivity index (χ2v) is 7.24. The second-order valence-electron chi connectivity index (χ2n) is 6.39. The van der Waals surface area contributed by atoms with Crippen molar-refractivity contribution < 1.29 is 23.9 Å². The zero-order valence-corrected chi connectivity index (χ0v) is 16.8. The molecule has 1 heterocycles. The number of barbiturate groups is 1. The Labute approximate surface area is 165 Å². The summed E-state index contributed by atoms with van der Waals surface area (Å²) in [5.41, 5.74) is 0.508. The fourth-order valence-corrected chi connectivity index (χ4v) is 3.85. The van der Waals surface area contributed by atoms with Gasteiger partial charge in [-0.1, -0.05) is 28.8 Å². The standard InChI is InChI=1S/C19H21BrN2O5/c1-3-27-16-9-11(14(20)10-15(16)26-2)8-13-17(23)21-19(25)22(18(13)24)12-6-4-5-7-12/h8-10,12H,3-7H2,1-2H3,(H,21,23,25)/b13-8+. The van der Waals surface area contributed by atoms with Crippen LogP contribution in [0.2, 0.25) is 0 Å². The Hall–Kier alpha value is -2.35. The van der Waals surface area contributed by atoms with E-state index in [4.69, 9.17) is 9.47 Å². The molecule has 27 heavy (non-hydrogen) atoms. The Morgan fingerprint density at radius 3 is 2.56 bits per heavy atom. The fraction of sp³-hybridized carbons (Fsp3) is 0.421. The molecule has 1 saturated carbocycles. The van der Waals surface area contributed by atoms with Crippen LogP contribution < -0.4 is 14.8 Å². The predicted molar refractivity (Wildman–Crippen MR) is 102 cm³/mol. The maximum absolute atomic E-state index is 12.9. The van der Waals surface area contributed by atoms with E-state index in [2.05, 4.69) is 21.2 Å². The van der Waals surface area contributed by atoms with Gasteiger partial charge in [-0.2, -0.15) is 0 Å². The largest absolute Gasteiger partial charge is 0.493 e. The van der Waals surface area contributed by atoms with Crippen molar-refractivity contribution in [2.45, 2.75) is 38.6 Å². The Balaban J connectivity index is 1.99. The molecule has 1 aliphatic heterocycles. The minimum atomic E-state index is -0.695. The summed E-state index contributed by atoms with van der Waals surface area (Å²) in [5, 5.41) is 2.28. The molecule has 1 saturated heterocycles. The van der Waals surface area contributed by atoms with E-state index in [9.17, 15) is 14.4 Å². The molecule has 2 fully saturated rings. The molecule has 0 spiro atoms. The zero-order chi connectivity index (χ0) is 19.6. The van der Waals surface area contributed by atoms with Crippen LogP contribution in [-0.4, -0.2) is 42.5 Å². The maximum atomic E-state index is 12.9. The molecule has 4 amide bonds. The predicted octanol–water partition coefficient (Wildman–Crippen LogP) is 3.26. The summed E-state index contributed by atoms with van der Waals surface area (Å²) in [7, 11) is 1.53. The van der Waals surface area contributed by atoms with Crippen LogP contribution in [0.25, 0.3) is 6.08 Å². The van der Waals surface area contributed by atoms with Crippen LogP contribution in [0.1, 0.15) is 38.2 Å². The molecule has 1 aliphatic carbocycles. The summed E-state index contributed by atoms with van der Waals surface area (Å²) in [5.74, 6) is -0.216. The molecule has 144 valence electrons. The van der Waals surface area contributed by atoms with Crippen molar-refractivity contribution in [3.63, 3.8) is 0 Å². The number of carbonyl (C=O) groups is 3. The van der Waals surface area contributed by atoms with Gasteiger partial charge < -0.3 is 9.47 Å². The number of imide groups is 2. The first-order chi connectivity index (χ1) is 13.0. The van der Waals surface area contributed by atoms with E-state index in [0.29, 0.717) is 28.1 Å². The van der Waals surface area contributed by atoms with Gasteiger partial charge in [-0.25, -0.2) is 4.79 Å². The number of nitrogens with zero attached hydrogens (tertiary/aromatic N) is 1. The first-order valence-electron chi connectivity index (χ1n) is 8.87. The topological polar surface area (TPSA) is 84.9 Å². The third kappa shape index (κ3) is 3.85. The van der Waals surface area contributed by atoms with E-state index in [1.807, 2.05) is 6.92 Å². The summed E-state index contributed by atoms with van der Waals surface area (Å²) >= 11 is 3.43. The lowest BCUT2D eigenvalue weighted by Gasteiger charge is -2.31. The third-order valence-electron chi connectivity index (χ3n) is 4.71. The highest BCUT2D eigenvalue weighted by Crippen LogP contribution is 2.35. The van der Waals surface area contributed by atoms with Gasteiger partial charge in [0.05, 0.1) is 13.7 Å². The number of halogens is 1. The summed E-state index contributed by atoms with van der Waals surface area (Å²) in [6, 6.07) is 2.60. The van der Waals surface area contributed by atoms with Crippen LogP contribution in [0, 0.1) is 0 Å². The third-order valence-corrected chi connectivity index (χ3v) is 5.39. The summed E-state index contributed by atoms with van der Waals surface area (Å²) in [6.07, 6.45) is 4.94. The molecular formula is C19H21BrN2O5. The van der Waals surface area contributed by atoms with Crippen LogP contribution in [0.5, 0.6) is 11.5 Å². The number of hydrogen-bond donors (Lipinski definition) is 1. The first kappa shape index (κ1) is 19.4. The Morgan fingerprint density at radius 2 is 1.93 bits per heavy atom. The van der Waals surface area contributed by atoms with Crippen molar-refractivity contribution >= 4 is 39.9 Å². The number of benzene rings is 1. The molecular weight excluding hydrogens is 416 g/mol. The normalized spacial score (nSPS) is 19.6. The molecule has 7 nitrogen and oxygen atoms in total. The monoisotopic (exact) mass is 436 g/mol. The molecule has 8 heteroatoms. The van der Waals surface area contributed by atoms with Crippen LogP contribution >= 0.6 is 15.9 Å². The molecule has 0 radical (unpaired) electrons. The lowest BCUT2D eigenvalue weighted by molar-refractivity contribution is -0.131. The number of ether oxygens (including phenoxy) is 2. The van der Waals surface area contributed by atoms with Crippen LogP contribution in [0.15, 0.2) is 22.2 Å². The number of nitrogens with one attached hydrogen (secondary N) is 1. The minimum Gasteiger partial charge on any atom is -0.493 e. The molecule has 0 unspecified atom stereocenters. The van der Waals surface area contributed by atoms with Gasteiger partial charge in [-0.05, 0) is 43.5 Å². The van der Waals surface area contributed by atoms with Gasteiger partial charge >= 0.3 is 6.03 Å². The Morgan fingerprint density at radius 1 is 1.22 bits per heavy atom. The van der Waals surface area contributed by atoms with Crippen molar-refractivity contribution in [3.05, 3.63) is 27.7 Å². The Kier molecular flexibility index (Phi) is 5.84. The molecule has 1 N–H and O–H groups in total. The molecule has 0 aromatic heterocycles. The molecule has 1 aromatic carbocycles. The molecule has 0 atom stereocenters. The maximum Gasteiger partial charge on any atom is 0.331 e. The molecule has 3 rings (SSSR count). The van der Waals surface area contributed by atoms with Gasteiger partial charge in [0.2, 0.25) is 0 Å². The lowest BCUT2D eigenvalue weighted by Crippen LogP contribution is -2.57. The Bertz CT molecular complexity index is 815. The van der Waals surface area contributed by atoms with Crippen LogP contribution in [-0.2, 0) is 9.59 Å². The number of urea groups is 1. The first-order valence-corrected chi connectivity index (χ1v) is 9.66. The van der Waals surface area contributed by atoms with Gasteiger partial charge in [-0.3, -0.25) is 19.8 Å². The van der Waals surface area contributed by atoms with E-state index in [0.717, 1.165) is 25.7 Å². The highest BCUT2D eigenvalue weighted by molar-refractivity contribution is 9.10. The van der Waals surface area contributed by atoms with Crippen molar-refractivity contribution in [2.24, 2.45) is 0 Å². The number of hydrogen-bond acceptors (Lipinski definition) is 5. The SMILES string of the molecule is CCOc1cc(/C=C2\C(=O)NC(=O)N(C3CCCC3)C2=O)c(Br)cc1OC. The van der Waals surface area contributed by atoms with Gasteiger partial charge in [0.15, 0.2) is 11.5 Å². The number of amides is 4. The van der Waals surface area contributed by atoms with E-state index in [1.165, 1.54) is 18.1 Å². The van der Waals surface area contributed by atoms with Gasteiger partial charge in [0.25, 0.3) is 11.8 Å². The average Bonchev–Trinajstić information content (AvgIpc) is 3.14. The number of methoxy groups -OCH3 is 1. The van der Waals surface area contributed by atoms with Crippen molar-refractivity contribution in [1.29, 1.82) is 0 Å². The van der Waals surface area contributed by atoms with Crippen molar-refractivity contribution in [3.8, 4) is 11.5 Å². The quantitative estimate of drug-likeness (QED) is 0.565. The highest BCUT2D eigenvalue weighted by atomic mass is 79.9. The summed E-state index contributed by atoms with van der Waals surface area (Å²) in [6.45, 7) is 2.29. The van der Waals surface area contributed by atoms with Crippen molar-refractivity contribution in [2.75, 3.05) is 13.7 Å². The van der Waals surface area contributed by atoms with E-state index >= 15 is 0 Å². The second kappa shape index (κ2) is 8.12. The van der Waals surface area contributed by atoms with Crippen LogP contribution in [0.3, 0.4) is 0 Å². The van der Waals surface area contributed by atoms with Gasteiger partial charge in [-0.15, -0.1) is 0 Å². The van der Waals surface area contributed by atoms with Gasteiger partial charge in [0, 0.05) is 10.5 Å². The average molecular weight is 437 g/mol. The number of carbonyl (C=O) groups excluding carboxylic acids is 3. The summed E-state index contributed by atoms with van der Waals surface area (Å²) in [4.78, 5) is 38.6. The number of rotatable bonds is 5. The van der Waals surface area contributed by atoms with E-state index in [1.54, 1.807) is 12.1 Å². The minimum absolute atomic E-state index is 0.0742. The van der Waals surface area contributed by atoms with Crippen molar-refractivity contribution in [1.82, 2.24) is 10.2 Å².